The molecule has 0 aromatic heterocycles. The van der Waals surface area contributed by atoms with Gasteiger partial charge in [0.2, 0.25) is 0 Å². The fourth-order valence-corrected chi connectivity index (χ4v) is 2.87. The monoisotopic (exact) mass is 319 g/mol. The van der Waals surface area contributed by atoms with Crippen molar-refractivity contribution >= 4 is 5.78 Å². The number of aryl methyl sites for hydroxylation is 2. The van der Waals surface area contributed by atoms with Crippen LogP contribution in [0.4, 0.5) is 0 Å². The van der Waals surface area contributed by atoms with Crippen molar-refractivity contribution in [2.45, 2.75) is 79.8 Å². The molecule has 0 spiro atoms. The summed E-state index contributed by atoms with van der Waals surface area (Å²) in [7, 11) is 0. The summed E-state index contributed by atoms with van der Waals surface area (Å²) in [5, 5.41) is 13.2. The Kier molecular flexibility index (Phi) is 6.03. The van der Waals surface area contributed by atoms with Crippen LogP contribution in [0.5, 0.6) is 5.75 Å². The molecule has 1 aromatic carbocycles. The van der Waals surface area contributed by atoms with Crippen molar-refractivity contribution in [1.29, 1.82) is 0 Å². The molecule has 0 fully saturated rings. The molecule has 2 N–H and O–H groups in total. The molecule has 0 aliphatic carbocycles. The van der Waals surface area contributed by atoms with E-state index in [-0.39, 0.29) is 28.5 Å². The van der Waals surface area contributed by atoms with Crippen LogP contribution in [0.25, 0.3) is 0 Å². The fraction of sp³-hybridized carbons (Fsp3) is 0.650. The van der Waals surface area contributed by atoms with Gasteiger partial charge >= 0.3 is 0 Å². The molecule has 3 nitrogen and oxygen atoms in total. The highest BCUT2D eigenvalue weighted by Crippen LogP contribution is 2.27. The minimum atomic E-state index is -0.346. The van der Waals surface area contributed by atoms with Crippen LogP contribution >= 0.6 is 0 Å². The Morgan fingerprint density at radius 2 is 1.61 bits per heavy atom. The number of hydrogen-bond donors (Lipinski definition) is 2. The topological polar surface area (TPSA) is 49.3 Å². The smallest absolute Gasteiger partial charge is 0.155 e. The minimum absolute atomic E-state index is 0.136. The second-order valence-corrected chi connectivity index (χ2v) is 8.31. The van der Waals surface area contributed by atoms with E-state index in [9.17, 15) is 9.90 Å². The highest BCUT2D eigenvalue weighted by molar-refractivity contribution is 5.89. The predicted octanol–water partition coefficient (Wildman–Crippen LogP) is 4.31. The molecule has 1 rings (SSSR count). The Balaban J connectivity index is 3.19. The summed E-state index contributed by atoms with van der Waals surface area (Å²) in [6, 6.07) is 3.31. The number of ketones is 1. The highest BCUT2D eigenvalue weighted by atomic mass is 16.3. The van der Waals surface area contributed by atoms with Gasteiger partial charge < -0.3 is 10.4 Å². The van der Waals surface area contributed by atoms with Crippen LogP contribution in [0.2, 0.25) is 0 Å². The van der Waals surface area contributed by atoms with E-state index < -0.39 is 0 Å². The predicted molar refractivity (Wildman–Crippen MR) is 97.0 cm³/mol. The van der Waals surface area contributed by atoms with Gasteiger partial charge in [0, 0.05) is 11.0 Å². The van der Waals surface area contributed by atoms with Gasteiger partial charge in [-0.15, -0.1) is 0 Å². The average molecular weight is 319 g/mol. The molecular weight excluding hydrogens is 286 g/mol. The first-order valence-corrected chi connectivity index (χ1v) is 8.48. The SMILES string of the molecule is CCC(C)(C)C(=O)[C@H](Cc1c(C)cc(O)cc1C)NC(C)(C)C. The zero-order valence-corrected chi connectivity index (χ0v) is 16.0. The molecule has 0 heterocycles. The number of hydrogen-bond acceptors (Lipinski definition) is 3. The van der Waals surface area contributed by atoms with E-state index >= 15 is 0 Å². The quantitative estimate of drug-likeness (QED) is 0.821. The van der Waals surface area contributed by atoms with Gasteiger partial charge in [0.1, 0.15) is 5.75 Å². The average Bonchev–Trinajstić information content (AvgIpc) is 2.39. The van der Waals surface area contributed by atoms with Gasteiger partial charge in [-0.25, -0.2) is 0 Å². The number of carbonyl (C=O) groups is 1. The number of carbonyl (C=O) groups excluding carboxylic acids is 1. The third kappa shape index (κ3) is 5.35. The van der Waals surface area contributed by atoms with Crippen molar-refractivity contribution in [3.63, 3.8) is 0 Å². The van der Waals surface area contributed by atoms with Crippen molar-refractivity contribution < 1.29 is 9.90 Å². The number of rotatable bonds is 6. The van der Waals surface area contributed by atoms with Crippen molar-refractivity contribution in [2.24, 2.45) is 5.41 Å². The molecular formula is C20H33NO2. The maximum Gasteiger partial charge on any atom is 0.155 e. The van der Waals surface area contributed by atoms with Gasteiger partial charge in [-0.05, 0) is 76.3 Å². The summed E-state index contributed by atoms with van der Waals surface area (Å²) in [5.74, 6) is 0.533. The Hall–Kier alpha value is -1.35. The molecule has 0 saturated heterocycles. The third-order valence-electron chi connectivity index (χ3n) is 4.56. The van der Waals surface area contributed by atoms with Gasteiger partial charge in [-0.1, -0.05) is 20.8 Å². The van der Waals surface area contributed by atoms with Crippen LogP contribution in [-0.4, -0.2) is 22.5 Å². The van der Waals surface area contributed by atoms with E-state index in [1.54, 1.807) is 12.1 Å². The standard InChI is InChI=1S/C20H33NO2/c1-9-20(7,8)18(23)17(21-19(4,5)6)12-16-13(2)10-15(22)11-14(16)3/h10-11,17,21-22H,9,12H2,1-8H3/t17-/m0/s1. The number of nitrogens with one attached hydrogen (secondary N) is 1. The van der Waals surface area contributed by atoms with Crippen LogP contribution < -0.4 is 5.32 Å². The molecule has 0 radical (unpaired) electrons. The first-order valence-electron chi connectivity index (χ1n) is 8.48. The molecule has 23 heavy (non-hydrogen) atoms. The Morgan fingerprint density at radius 3 is 2.00 bits per heavy atom. The number of aromatic hydroxyl groups is 1. The van der Waals surface area contributed by atoms with Gasteiger partial charge in [0.15, 0.2) is 5.78 Å². The minimum Gasteiger partial charge on any atom is -0.508 e. The summed E-state index contributed by atoms with van der Waals surface area (Å²) < 4.78 is 0. The molecule has 0 saturated carbocycles. The summed E-state index contributed by atoms with van der Waals surface area (Å²) >= 11 is 0. The number of phenolic OH excluding ortho intramolecular Hbond substituents is 1. The van der Waals surface area contributed by atoms with Crippen LogP contribution in [0, 0.1) is 19.3 Å². The van der Waals surface area contributed by atoms with Crippen molar-refractivity contribution in [3.05, 3.63) is 28.8 Å². The van der Waals surface area contributed by atoms with Gasteiger partial charge in [0.05, 0.1) is 6.04 Å². The Morgan fingerprint density at radius 1 is 1.13 bits per heavy atom. The molecule has 3 heteroatoms. The van der Waals surface area contributed by atoms with E-state index in [0.29, 0.717) is 6.42 Å². The van der Waals surface area contributed by atoms with E-state index in [2.05, 4.69) is 33.0 Å². The summed E-state index contributed by atoms with van der Waals surface area (Å²) in [6.45, 7) is 16.3. The largest absolute Gasteiger partial charge is 0.508 e. The Labute approximate surface area is 141 Å². The van der Waals surface area contributed by atoms with Crippen molar-refractivity contribution in [1.82, 2.24) is 5.32 Å². The molecule has 0 aliphatic rings. The molecule has 0 amide bonds. The summed E-state index contributed by atoms with van der Waals surface area (Å²) in [5.41, 5.74) is 2.73. The van der Waals surface area contributed by atoms with Crippen LogP contribution in [0.15, 0.2) is 12.1 Å². The lowest BCUT2D eigenvalue weighted by atomic mass is 9.79. The highest BCUT2D eigenvalue weighted by Gasteiger charge is 2.34. The van der Waals surface area contributed by atoms with E-state index in [4.69, 9.17) is 0 Å². The van der Waals surface area contributed by atoms with Gasteiger partial charge in [-0.3, -0.25) is 4.79 Å². The van der Waals surface area contributed by atoms with E-state index in [0.717, 1.165) is 23.1 Å². The number of Topliss-reactive ketones (excluding diaryl/α,β-unsaturated/α-hetero) is 1. The fourth-order valence-electron chi connectivity index (χ4n) is 2.87. The van der Waals surface area contributed by atoms with Gasteiger partial charge in [-0.2, -0.15) is 0 Å². The van der Waals surface area contributed by atoms with Crippen LogP contribution in [0.3, 0.4) is 0 Å². The lowest BCUT2D eigenvalue weighted by Gasteiger charge is -2.33. The van der Waals surface area contributed by atoms with E-state index in [1.165, 1.54) is 0 Å². The van der Waals surface area contributed by atoms with Gasteiger partial charge in [0.25, 0.3) is 0 Å². The third-order valence-corrected chi connectivity index (χ3v) is 4.56. The first kappa shape index (κ1) is 19.7. The maximum absolute atomic E-state index is 13.1. The molecule has 0 unspecified atom stereocenters. The summed E-state index contributed by atoms with van der Waals surface area (Å²) in [6.07, 6.45) is 1.47. The number of benzene rings is 1. The first-order chi connectivity index (χ1) is 10.4. The number of phenols is 1. The second kappa shape index (κ2) is 7.04. The molecule has 130 valence electrons. The molecule has 1 aromatic rings. The van der Waals surface area contributed by atoms with Crippen LogP contribution in [-0.2, 0) is 11.2 Å². The van der Waals surface area contributed by atoms with E-state index in [1.807, 2.05) is 27.7 Å². The van der Waals surface area contributed by atoms with Crippen LogP contribution in [0.1, 0.15) is 64.7 Å². The van der Waals surface area contributed by atoms with Crippen molar-refractivity contribution in [2.75, 3.05) is 0 Å². The molecule has 1 atom stereocenters. The Bertz CT molecular complexity index is 544. The second-order valence-electron chi connectivity index (χ2n) is 8.31. The lowest BCUT2D eigenvalue weighted by molar-refractivity contribution is -0.129. The zero-order valence-electron chi connectivity index (χ0n) is 16.0. The van der Waals surface area contributed by atoms with Crippen molar-refractivity contribution in [3.8, 4) is 5.75 Å². The molecule has 0 bridgehead atoms. The lowest BCUT2D eigenvalue weighted by Crippen LogP contribution is -2.52. The molecule has 0 aliphatic heterocycles. The normalized spacial score (nSPS) is 13.9. The summed E-state index contributed by atoms with van der Waals surface area (Å²) in [4.78, 5) is 13.1. The maximum atomic E-state index is 13.1. The zero-order chi connectivity index (χ0) is 18.0.